The first-order valence-electron chi connectivity index (χ1n) is 9.45. The highest BCUT2D eigenvalue weighted by Gasteiger charge is 2.35. The second-order valence-electron chi connectivity index (χ2n) is 7.33. The van der Waals surface area contributed by atoms with Crippen LogP contribution in [0.15, 0.2) is 52.4 Å². The molecule has 0 spiro atoms. The van der Waals surface area contributed by atoms with Gasteiger partial charge in [0.05, 0.1) is 24.5 Å². The van der Waals surface area contributed by atoms with Gasteiger partial charge in [0.1, 0.15) is 11.5 Å². The predicted octanol–water partition coefficient (Wildman–Crippen LogP) is 3.47. The number of carbonyl (C=O) groups is 1. The summed E-state index contributed by atoms with van der Waals surface area (Å²) < 4.78 is 29.4. The molecule has 1 atom stereocenters. The summed E-state index contributed by atoms with van der Waals surface area (Å²) in [5.41, 5.74) is 2.71. The minimum absolute atomic E-state index is 0.0227. The summed E-state index contributed by atoms with van der Waals surface area (Å²) in [7, 11) is -3.09. The monoisotopic (exact) mass is 430 g/mol. The van der Waals surface area contributed by atoms with E-state index in [0.717, 1.165) is 16.0 Å². The van der Waals surface area contributed by atoms with Crippen molar-refractivity contribution in [2.45, 2.75) is 32.4 Å². The van der Waals surface area contributed by atoms with Gasteiger partial charge < -0.3 is 9.42 Å². The average molecular weight is 431 g/mol. The zero-order chi connectivity index (χ0) is 20.4. The molecule has 1 saturated heterocycles. The molecule has 152 valence electrons. The van der Waals surface area contributed by atoms with Gasteiger partial charge in [-0.2, -0.15) is 0 Å². The van der Waals surface area contributed by atoms with Crippen molar-refractivity contribution < 1.29 is 17.7 Å². The number of sulfone groups is 1. The number of amides is 1. The molecule has 1 unspecified atom stereocenters. The molecule has 6 nitrogen and oxygen atoms in total. The Bertz CT molecular complexity index is 1100. The van der Waals surface area contributed by atoms with E-state index in [2.05, 4.69) is 5.16 Å². The number of benzene rings is 1. The normalized spacial score (nSPS) is 18.0. The van der Waals surface area contributed by atoms with Crippen LogP contribution in [0.25, 0.3) is 11.3 Å². The van der Waals surface area contributed by atoms with E-state index in [4.69, 9.17) is 4.52 Å². The van der Waals surface area contributed by atoms with E-state index in [1.54, 1.807) is 22.3 Å². The van der Waals surface area contributed by atoms with Crippen molar-refractivity contribution in [1.29, 1.82) is 0 Å². The summed E-state index contributed by atoms with van der Waals surface area (Å²) in [6.45, 7) is 2.42. The Hall–Kier alpha value is -2.45. The Kier molecular flexibility index (Phi) is 5.56. The Morgan fingerprint density at radius 1 is 1.28 bits per heavy atom. The minimum atomic E-state index is -3.09. The lowest BCUT2D eigenvalue weighted by Crippen LogP contribution is -2.41. The second kappa shape index (κ2) is 8.12. The summed E-state index contributed by atoms with van der Waals surface area (Å²) in [6, 6.07) is 13.1. The largest absolute Gasteiger partial charge is 0.360 e. The quantitative estimate of drug-likeness (QED) is 0.598. The van der Waals surface area contributed by atoms with E-state index < -0.39 is 9.84 Å². The topological polar surface area (TPSA) is 80.5 Å². The third kappa shape index (κ3) is 4.59. The molecule has 0 bridgehead atoms. The highest BCUT2D eigenvalue weighted by atomic mass is 32.2. The van der Waals surface area contributed by atoms with Crippen molar-refractivity contribution in [1.82, 2.24) is 10.1 Å². The first-order chi connectivity index (χ1) is 13.9. The van der Waals surface area contributed by atoms with E-state index in [9.17, 15) is 13.2 Å². The van der Waals surface area contributed by atoms with Crippen molar-refractivity contribution in [3.63, 3.8) is 0 Å². The van der Waals surface area contributed by atoms with Gasteiger partial charge in [-0.15, -0.1) is 11.3 Å². The van der Waals surface area contributed by atoms with Crippen molar-refractivity contribution in [3.05, 3.63) is 64.0 Å². The summed E-state index contributed by atoms with van der Waals surface area (Å²) in [6.07, 6.45) is 0.533. The molecule has 2 aromatic heterocycles. The lowest BCUT2D eigenvalue weighted by molar-refractivity contribution is -0.133. The van der Waals surface area contributed by atoms with Gasteiger partial charge >= 0.3 is 0 Å². The standard InChI is InChI=1S/C21H22N2O4S2/c1-15-7-9-28-20(15)13-23(17-8-10-29(25,26)14-17)21(24)12-18-11-19(22-27-18)16-5-3-2-4-6-16/h2-7,9,11,17H,8,10,12-14H2,1H3. The third-order valence-corrected chi connectivity index (χ3v) is 7.96. The Labute approximate surface area is 174 Å². The molecule has 0 aliphatic carbocycles. The van der Waals surface area contributed by atoms with Gasteiger partial charge in [-0.3, -0.25) is 4.79 Å². The molecular weight excluding hydrogens is 408 g/mol. The van der Waals surface area contributed by atoms with Crippen LogP contribution >= 0.6 is 11.3 Å². The SMILES string of the molecule is Cc1ccsc1CN(C(=O)Cc1cc(-c2ccccc2)no1)C1CCS(=O)(=O)C1. The van der Waals surface area contributed by atoms with Crippen LogP contribution in [0.4, 0.5) is 0 Å². The molecule has 3 heterocycles. The fraction of sp³-hybridized carbons (Fsp3) is 0.333. The maximum atomic E-state index is 13.1. The molecule has 3 aromatic rings. The molecule has 0 N–H and O–H groups in total. The van der Waals surface area contributed by atoms with Crippen molar-refractivity contribution >= 4 is 27.1 Å². The van der Waals surface area contributed by atoms with Gasteiger partial charge in [0, 0.05) is 22.5 Å². The molecule has 4 rings (SSSR count). The number of hydrogen-bond acceptors (Lipinski definition) is 6. The molecule has 1 amide bonds. The number of thiophene rings is 1. The zero-order valence-corrected chi connectivity index (χ0v) is 17.7. The lowest BCUT2D eigenvalue weighted by Gasteiger charge is -2.28. The van der Waals surface area contributed by atoms with Gasteiger partial charge in [-0.25, -0.2) is 8.42 Å². The van der Waals surface area contributed by atoms with Crippen LogP contribution in [0.5, 0.6) is 0 Å². The number of carbonyl (C=O) groups excluding carboxylic acids is 1. The summed E-state index contributed by atoms with van der Waals surface area (Å²) in [4.78, 5) is 15.9. The van der Waals surface area contributed by atoms with Gasteiger partial charge in [-0.1, -0.05) is 35.5 Å². The smallest absolute Gasteiger partial charge is 0.230 e. The van der Waals surface area contributed by atoms with Crippen LogP contribution in [0.2, 0.25) is 0 Å². The van der Waals surface area contributed by atoms with Gasteiger partial charge in [0.25, 0.3) is 0 Å². The molecule has 0 saturated carbocycles. The van der Waals surface area contributed by atoms with Crippen LogP contribution in [0.3, 0.4) is 0 Å². The molecule has 1 aliphatic heterocycles. The predicted molar refractivity (Wildman–Crippen MR) is 112 cm³/mol. The lowest BCUT2D eigenvalue weighted by atomic mass is 10.1. The van der Waals surface area contributed by atoms with E-state index in [1.165, 1.54) is 0 Å². The summed E-state index contributed by atoms with van der Waals surface area (Å²) >= 11 is 1.58. The third-order valence-electron chi connectivity index (χ3n) is 5.21. The van der Waals surface area contributed by atoms with Gasteiger partial charge in [0.2, 0.25) is 5.91 Å². The number of aromatic nitrogens is 1. The number of hydrogen-bond donors (Lipinski definition) is 0. The highest BCUT2D eigenvalue weighted by molar-refractivity contribution is 7.91. The van der Waals surface area contributed by atoms with Crippen molar-refractivity contribution in [2.24, 2.45) is 0 Å². The maximum absolute atomic E-state index is 13.1. The minimum Gasteiger partial charge on any atom is -0.360 e. The number of nitrogens with zero attached hydrogens (tertiary/aromatic N) is 2. The van der Waals surface area contributed by atoms with E-state index in [0.29, 0.717) is 24.4 Å². The maximum Gasteiger partial charge on any atom is 0.230 e. The first-order valence-corrected chi connectivity index (χ1v) is 12.2. The van der Waals surface area contributed by atoms with E-state index >= 15 is 0 Å². The van der Waals surface area contributed by atoms with Gasteiger partial charge in [-0.05, 0) is 30.4 Å². The highest BCUT2D eigenvalue weighted by Crippen LogP contribution is 2.25. The molecule has 1 aromatic carbocycles. The summed E-state index contributed by atoms with van der Waals surface area (Å²) in [5, 5.41) is 6.06. The number of rotatable bonds is 6. The molecule has 29 heavy (non-hydrogen) atoms. The van der Waals surface area contributed by atoms with Crippen LogP contribution in [0.1, 0.15) is 22.6 Å². The Balaban J connectivity index is 1.53. The van der Waals surface area contributed by atoms with Crippen LogP contribution in [-0.2, 0) is 27.6 Å². The van der Waals surface area contributed by atoms with Crippen molar-refractivity contribution in [3.8, 4) is 11.3 Å². The molecule has 8 heteroatoms. The van der Waals surface area contributed by atoms with Crippen molar-refractivity contribution in [2.75, 3.05) is 11.5 Å². The Morgan fingerprint density at radius 3 is 2.72 bits per heavy atom. The van der Waals surface area contributed by atoms with E-state index in [-0.39, 0.29) is 29.9 Å². The average Bonchev–Trinajstić information content (AvgIpc) is 3.41. The first kappa shape index (κ1) is 19.8. The number of aryl methyl sites for hydroxylation is 1. The van der Waals surface area contributed by atoms with E-state index in [1.807, 2.05) is 48.7 Å². The van der Waals surface area contributed by atoms with Crippen LogP contribution in [-0.4, -0.2) is 41.9 Å². The fourth-order valence-electron chi connectivity index (χ4n) is 3.55. The Morgan fingerprint density at radius 2 is 2.07 bits per heavy atom. The summed E-state index contributed by atoms with van der Waals surface area (Å²) in [5.74, 6) is 0.485. The second-order valence-corrected chi connectivity index (χ2v) is 10.6. The fourth-order valence-corrected chi connectivity index (χ4v) is 6.19. The van der Waals surface area contributed by atoms with Gasteiger partial charge in [0.15, 0.2) is 9.84 Å². The van der Waals surface area contributed by atoms with Crippen LogP contribution in [0, 0.1) is 6.92 Å². The zero-order valence-electron chi connectivity index (χ0n) is 16.1. The van der Waals surface area contributed by atoms with Crippen LogP contribution < -0.4 is 0 Å². The molecular formula is C21H22N2O4S2. The molecule has 1 aliphatic rings. The molecule has 1 fully saturated rings. The molecule has 0 radical (unpaired) electrons.